The number of aliphatic hydroxyl groups excluding tert-OH is 3. The molecule has 1 aliphatic carbocycles. The number of carboxylic acid groups (broad SMARTS) is 1. The van der Waals surface area contributed by atoms with Crippen LogP contribution in [0.15, 0.2) is 36.5 Å². The van der Waals surface area contributed by atoms with Crippen molar-refractivity contribution in [2.45, 2.75) is 83.0 Å². The van der Waals surface area contributed by atoms with Crippen molar-refractivity contribution in [3.63, 3.8) is 0 Å². The smallest absolute Gasteiger partial charge is 0.303 e. The lowest BCUT2D eigenvalue weighted by Gasteiger charge is -2.19. The quantitative estimate of drug-likeness (QED) is 0.289. The Morgan fingerprint density at radius 2 is 1.81 bits per heavy atom. The number of carbonyl (C=O) groups is 1. The van der Waals surface area contributed by atoms with Crippen molar-refractivity contribution >= 4 is 5.97 Å². The topological polar surface area (TPSA) is 98.0 Å². The molecule has 1 rings (SSSR count). The van der Waals surface area contributed by atoms with Gasteiger partial charge in [-0.05, 0) is 38.0 Å². The Labute approximate surface area is 163 Å². The fourth-order valence-electron chi connectivity index (χ4n) is 3.56. The molecule has 0 bridgehead atoms. The summed E-state index contributed by atoms with van der Waals surface area (Å²) >= 11 is 0. The molecule has 0 aromatic rings. The van der Waals surface area contributed by atoms with Crippen molar-refractivity contribution in [3.05, 3.63) is 36.5 Å². The second-order valence-corrected chi connectivity index (χ2v) is 7.38. The molecule has 1 aliphatic rings. The van der Waals surface area contributed by atoms with Crippen molar-refractivity contribution < 1.29 is 25.2 Å². The lowest BCUT2D eigenvalue weighted by molar-refractivity contribution is -0.137. The van der Waals surface area contributed by atoms with E-state index in [0.29, 0.717) is 25.7 Å². The van der Waals surface area contributed by atoms with Crippen LogP contribution in [0.1, 0.15) is 64.7 Å². The Balaban J connectivity index is 2.42. The van der Waals surface area contributed by atoms with Gasteiger partial charge in [-0.3, -0.25) is 4.79 Å². The zero-order valence-electron chi connectivity index (χ0n) is 16.4. The first kappa shape index (κ1) is 23.6. The summed E-state index contributed by atoms with van der Waals surface area (Å²) < 4.78 is 0. The van der Waals surface area contributed by atoms with Crippen LogP contribution in [0.2, 0.25) is 0 Å². The van der Waals surface area contributed by atoms with Gasteiger partial charge in [-0.1, -0.05) is 56.2 Å². The van der Waals surface area contributed by atoms with E-state index in [1.807, 2.05) is 6.08 Å². The molecular formula is C22H36O5. The number of unbranched alkanes of at least 4 members (excludes halogenated alkanes) is 2. The van der Waals surface area contributed by atoms with Gasteiger partial charge in [0.2, 0.25) is 0 Å². The SMILES string of the molecule is CC/C=C\C/C=C\C[C@H]1[C@@H](/C=C/[C@H](O)CCCCCC(=O)O)[C@H](O)C[C@@H]1O. The van der Waals surface area contributed by atoms with Crippen LogP contribution in [0.5, 0.6) is 0 Å². The zero-order valence-corrected chi connectivity index (χ0v) is 16.4. The second kappa shape index (κ2) is 13.7. The third-order valence-corrected chi connectivity index (χ3v) is 5.11. The summed E-state index contributed by atoms with van der Waals surface area (Å²) in [6.45, 7) is 2.10. The predicted molar refractivity (Wildman–Crippen MR) is 107 cm³/mol. The van der Waals surface area contributed by atoms with Gasteiger partial charge in [0.25, 0.3) is 0 Å². The molecule has 0 unspecified atom stereocenters. The lowest BCUT2D eigenvalue weighted by atomic mass is 9.89. The van der Waals surface area contributed by atoms with Crippen LogP contribution in [-0.2, 0) is 4.79 Å². The van der Waals surface area contributed by atoms with E-state index in [0.717, 1.165) is 25.7 Å². The summed E-state index contributed by atoms with van der Waals surface area (Å²) in [5.74, 6) is -0.978. The first-order valence-corrected chi connectivity index (χ1v) is 10.2. The summed E-state index contributed by atoms with van der Waals surface area (Å²) in [7, 11) is 0. The largest absolute Gasteiger partial charge is 0.481 e. The minimum Gasteiger partial charge on any atom is -0.481 e. The van der Waals surface area contributed by atoms with Crippen LogP contribution in [0, 0.1) is 11.8 Å². The van der Waals surface area contributed by atoms with E-state index in [4.69, 9.17) is 5.11 Å². The van der Waals surface area contributed by atoms with Crippen molar-refractivity contribution in [2.75, 3.05) is 0 Å². The molecule has 1 saturated carbocycles. The molecule has 1 fully saturated rings. The van der Waals surface area contributed by atoms with Crippen LogP contribution < -0.4 is 0 Å². The number of allylic oxidation sites excluding steroid dienone is 4. The van der Waals surface area contributed by atoms with E-state index >= 15 is 0 Å². The zero-order chi connectivity index (χ0) is 20.1. The minimum absolute atomic E-state index is 0.0366. The molecule has 0 heterocycles. The highest BCUT2D eigenvalue weighted by Crippen LogP contribution is 2.36. The van der Waals surface area contributed by atoms with E-state index in [1.54, 1.807) is 6.08 Å². The number of hydrogen-bond donors (Lipinski definition) is 4. The fraction of sp³-hybridized carbons (Fsp3) is 0.682. The summed E-state index contributed by atoms with van der Waals surface area (Å²) in [5, 5.41) is 39.1. The van der Waals surface area contributed by atoms with Crippen LogP contribution in [0.25, 0.3) is 0 Å². The van der Waals surface area contributed by atoms with Crippen LogP contribution in [0.4, 0.5) is 0 Å². The summed E-state index contributed by atoms with van der Waals surface area (Å²) in [4.78, 5) is 10.5. The third kappa shape index (κ3) is 9.89. The van der Waals surface area contributed by atoms with E-state index in [2.05, 4.69) is 31.2 Å². The highest BCUT2D eigenvalue weighted by Gasteiger charge is 2.39. The predicted octanol–water partition coefficient (Wildman–Crippen LogP) is 3.60. The molecule has 0 radical (unpaired) electrons. The molecule has 0 spiro atoms. The summed E-state index contributed by atoms with van der Waals surface area (Å²) in [5.41, 5.74) is 0. The Morgan fingerprint density at radius 3 is 2.52 bits per heavy atom. The Morgan fingerprint density at radius 1 is 1.07 bits per heavy atom. The van der Waals surface area contributed by atoms with Crippen LogP contribution >= 0.6 is 0 Å². The number of aliphatic hydroxyl groups is 3. The van der Waals surface area contributed by atoms with Gasteiger partial charge in [-0.15, -0.1) is 0 Å². The molecule has 0 aliphatic heterocycles. The van der Waals surface area contributed by atoms with Crippen molar-refractivity contribution in [3.8, 4) is 0 Å². The number of aliphatic carboxylic acids is 1. The molecule has 154 valence electrons. The van der Waals surface area contributed by atoms with E-state index < -0.39 is 24.3 Å². The maximum absolute atomic E-state index is 10.5. The highest BCUT2D eigenvalue weighted by molar-refractivity contribution is 5.66. The average Bonchev–Trinajstić information content (AvgIpc) is 2.88. The highest BCUT2D eigenvalue weighted by atomic mass is 16.4. The molecule has 27 heavy (non-hydrogen) atoms. The van der Waals surface area contributed by atoms with Crippen LogP contribution in [0.3, 0.4) is 0 Å². The first-order chi connectivity index (χ1) is 13.0. The number of hydrogen-bond acceptors (Lipinski definition) is 4. The van der Waals surface area contributed by atoms with Gasteiger partial charge >= 0.3 is 5.97 Å². The number of carboxylic acids is 1. The van der Waals surface area contributed by atoms with Gasteiger partial charge in [0.05, 0.1) is 18.3 Å². The van der Waals surface area contributed by atoms with E-state index in [1.165, 1.54) is 0 Å². The molecule has 5 nitrogen and oxygen atoms in total. The molecule has 0 aromatic heterocycles. The summed E-state index contributed by atoms with van der Waals surface area (Å²) in [6.07, 6.45) is 16.1. The second-order valence-electron chi connectivity index (χ2n) is 7.38. The Bertz CT molecular complexity index is 497. The Kier molecular flexibility index (Phi) is 12.0. The normalized spacial score (nSPS) is 27.3. The maximum Gasteiger partial charge on any atom is 0.303 e. The minimum atomic E-state index is -0.786. The van der Waals surface area contributed by atoms with Gasteiger partial charge in [0.15, 0.2) is 0 Å². The van der Waals surface area contributed by atoms with Crippen molar-refractivity contribution in [2.24, 2.45) is 11.8 Å². The molecular weight excluding hydrogens is 344 g/mol. The van der Waals surface area contributed by atoms with Gasteiger partial charge in [0.1, 0.15) is 0 Å². The monoisotopic (exact) mass is 380 g/mol. The lowest BCUT2D eigenvalue weighted by Crippen LogP contribution is -2.20. The molecule has 4 N–H and O–H groups in total. The Hall–Kier alpha value is -1.43. The first-order valence-electron chi connectivity index (χ1n) is 10.2. The molecule has 0 saturated heterocycles. The molecule has 0 aromatic carbocycles. The number of rotatable bonds is 13. The molecule has 5 heteroatoms. The fourth-order valence-corrected chi connectivity index (χ4v) is 3.56. The van der Waals surface area contributed by atoms with Crippen LogP contribution in [-0.4, -0.2) is 44.7 Å². The van der Waals surface area contributed by atoms with E-state index in [-0.39, 0.29) is 18.3 Å². The van der Waals surface area contributed by atoms with Crippen molar-refractivity contribution in [1.29, 1.82) is 0 Å². The molecule has 5 atom stereocenters. The van der Waals surface area contributed by atoms with E-state index in [9.17, 15) is 20.1 Å². The average molecular weight is 381 g/mol. The third-order valence-electron chi connectivity index (χ3n) is 5.11. The van der Waals surface area contributed by atoms with Gasteiger partial charge in [0, 0.05) is 18.8 Å². The summed E-state index contributed by atoms with van der Waals surface area (Å²) in [6, 6.07) is 0. The molecule has 0 amide bonds. The standard InChI is InChI=1S/C22H36O5/c1-2-3-4-5-6-9-12-18-19(21(25)16-20(18)24)15-14-17(23)11-8-7-10-13-22(26)27/h3-4,6,9,14-15,17-21,23-25H,2,5,7-8,10-13,16H2,1H3,(H,26,27)/b4-3-,9-6-,15-14+/t17-,18+,19-,20+,21-/m1/s1. The maximum atomic E-state index is 10.5. The van der Waals surface area contributed by atoms with Crippen molar-refractivity contribution in [1.82, 2.24) is 0 Å². The van der Waals surface area contributed by atoms with Gasteiger partial charge < -0.3 is 20.4 Å². The van der Waals surface area contributed by atoms with Gasteiger partial charge in [-0.25, -0.2) is 0 Å². The van der Waals surface area contributed by atoms with Gasteiger partial charge in [-0.2, -0.15) is 0 Å².